The Hall–Kier alpha value is -2.26. The molecule has 2 rings (SSSR count). The molecule has 1 N–H and O–H groups in total. The molecule has 3 nitrogen and oxygen atoms in total. The maximum atomic E-state index is 13.6. The standard InChI is InChI=1S/C14H7BrF2N2O/c15-9-3-1-5-11(17)13(9)14(20)19-12-6-2-4-10(16)8(12)7-18/h1-6H,(H,19,20). The van der Waals surface area contributed by atoms with Crippen LogP contribution in [-0.4, -0.2) is 5.91 Å². The van der Waals surface area contributed by atoms with Crippen LogP contribution in [0.5, 0.6) is 0 Å². The third kappa shape index (κ3) is 2.68. The summed E-state index contributed by atoms with van der Waals surface area (Å²) in [6.45, 7) is 0. The van der Waals surface area contributed by atoms with Gasteiger partial charge in [0.05, 0.1) is 11.3 Å². The molecular formula is C14H7BrF2N2O. The Morgan fingerprint density at radius 2 is 1.80 bits per heavy atom. The second kappa shape index (κ2) is 5.80. The molecule has 0 aromatic heterocycles. The van der Waals surface area contributed by atoms with Crippen molar-refractivity contribution in [1.82, 2.24) is 0 Å². The predicted molar refractivity (Wildman–Crippen MR) is 73.2 cm³/mol. The summed E-state index contributed by atoms with van der Waals surface area (Å²) in [5.74, 6) is -2.23. The third-order valence-electron chi connectivity index (χ3n) is 2.56. The third-order valence-corrected chi connectivity index (χ3v) is 3.22. The first-order valence-corrected chi connectivity index (χ1v) is 6.28. The molecule has 0 unspecified atom stereocenters. The number of hydrogen-bond donors (Lipinski definition) is 1. The van der Waals surface area contributed by atoms with Gasteiger partial charge < -0.3 is 5.32 Å². The van der Waals surface area contributed by atoms with E-state index in [9.17, 15) is 13.6 Å². The first-order valence-electron chi connectivity index (χ1n) is 5.48. The summed E-state index contributed by atoms with van der Waals surface area (Å²) in [6, 6.07) is 9.57. The minimum Gasteiger partial charge on any atom is -0.321 e. The normalized spacial score (nSPS) is 9.90. The lowest BCUT2D eigenvalue weighted by Gasteiger charge is -2.09. The Morgan fingerprint density at radius 3 is 2.45 bits per heavy atom. The molecule has 0 saturated heterocycles. The average Bonchev–Trinajstić information content (AvgIpc) is 2.38. The van der Waals surface area contributed by atoms with Gasteiger partial charge in [0.25, 0.3) is 5.91 Å². The van der Waals surface area contributed by atoms with Gasteiger partial charge in [0.1, 0.15) is 23.3 Å². The second-order valence-corrected chi connectivity index (χ2v) is 4.68. The Labute approximate surface area is 122 Å². The first kappa shape index (κ1) is 14.2. The number of rotatable bonds is 2. The molecule has 0 spiro atoms. The zero-order valence-corrected chi connectivity index (χ0v) is 11.5. The van der Waals surface area contributed by atoms with E-state index in [1.165, 1.54) is 24.3 Å². The van der Waals surface area contributed by atoms with Crippen LogP contribution in [0, 0.1) is 23.0 Å². The number of nitriles is 1. The van der Waals surface area contributed by atoms with Gasteiger partial charge in [-0.05, 0) is 40.2 Å². The van der Waals surface area contributed by atoms with Crippen molar-refractivity contribution >= 4 is 27.5 Å². The molecule has 6 heteroatoms. The van der Waals surface area contributed by atoms with Crippen LogP contribution in [0.2, 0.25) is 0 Å². The minimum atomic E-state index is -0.767. The van der Waals surface area contributed by atoms with Crippen LogP contribution in [0.3, 0.4) is 0 Å². The number of halogens is 3. The van der Waals surface area contributed by atoms with E-state index in [1.54, 1.807) is 6.07 Å². The number of nitrogens with one attached hydrogen (secondary N) is 1. The zero-order chi connectivity index (χ0) is 14.7. The Bertz CT molecular complexity index is 705. The lowest BCUT2D eigenvalue weighted by atomic mass is 10.1. The molecule has 2 aromatic carbocycles. The van der Waals surface area contributed by atoms with Gasteiger partial charge in [-0.1, -0.05) is 12.1 Å². The summed E-state index contributed by atoms with van der Waals surface area (Å²) in [5, 5.41) is 11.2. The summed E-state index contributed by atoms with van der Waals surface area (Å²) in [4.78, 5) is 12.0. The molecule has 20 heavy (non-hydrogen) atoms. The second-order valence-electron chi connectivity index (χ2n) is 3.82. The Morgan fingerprint density at radius 1 is 1.15 bits per heavy atom. The topological polar surface area (TPSA) is 52.9 Å². The molecule has 0 saturated carbocycles. The van der Waals surface area contributed by atoms with Gasteiger partial charge >= 0.3 is 0 Å². The van der Waals surface area contributed by atoms with Crippen LogP contribution in [0.1, 0.15) is 15.9 Å². The predicted octanol–water partition coefficient (Wildman–Crippen LogP) is 3.85. The van der Waals surface area contributed by atoms with Crippen molar-refractivity contribution in [3.05, 3.63) is 63.6 Å². The van der Waals surface area contributed by atoms with Crippen LogP contribution >= 0.6 is 15.9 Å². The smallest absolute Gasteiger partial charge is 0.259 e. The molecule has 0 heterocycles. The molecular weight excluding hydrogens is 330 g/mol. The number of hydrogen-bond acceptors (Lipinski definition) is 2. The maximum Gasteiger partial charge on any atom is 0.259 e. The van der Waals surface area contributed by atoms with Crippen molar-refractivity contribution in [3.8, 4) is 6.07 Å². The van der Waals surface area contributed by atoms with Crippen molar-refractivity contribution < 1.29 is 13.6 Å². The van der Waals surface area contributed by atoms with Gasteiger partial charge in [-0.15, -0.1) is 0 Å². The molecule has 0 aliphatic carbocycles. The van der Waals surface area contributed by atoms with E-state index < -0.39 is 17.5 Å². The molecule has 1 amide bonds. The largest absolute Gasteiger partial charge is 0.321 e. The Kier molecular flexibility index (Phi) is 4.11. The SMILES string of the molecule is N#Cc1c(F)cccc1NC(=O)c1c(F)cccc1Br. The molecule has 100 valence electrons. The summed E-state index contributed by atoms with van der Waals surface area (Å²) in [6.07, 6.45) is 0. The van der Waals surface area contributed by atoms with Crippen LogP contribution in [-0.2, 0) is 0 Å². The van der Waals surface area contributed by atoms with Gasteiger partial charge in [-0.2, -0.15) is 5.26 Å². The van der Waals surface area contributed by atoms with Gasteiger partial charge in [-0.3, -0.25) is 4.79 Å². The van der Waals surface area contributed by atoms with E-state index in [1.807, 2.05) is 0 Å². The van der Waals surface area contributed by atoms with Crippen molar-refractivity contribution in [3.63, 3.8) is 0 Å². The quantitative estimate of drug-likeness (QED) is 0.905. The minimum absolute atomic E-state index is 0.00680. The van der Waals surface area contributed by atoms with Crippen molar-refractivity contribution in [2.24, 2.45) is 0 Å². The number of nitrogens with zero attached hydrogens (tertiary/aromatic N) is 1. The highest BCUT2D eigenvalue weighted by atomic mass is 79.9. The molecule has 2 aromatic rings. The Balaban J connectivity index is 2.39. The number of amides is 1. The van der Waals surface area contributed by atoms with Crippen LogP contribution in [0.25, 0.3) is 0 Å². The molecule has 0 atom stereocenters. The van der Waals surface area contributed by atoms with E-state index in [-0.39, 0.29) is 21.3 Å². The highest BCUT2D eigenvalue weighted by molar-refractivity contribution is 9.10. The number of benzene rings is 2. The maximum absolute atomic E-state index is 13.6. The van der Waals surface area contributed by atoms with Gasteiger partial charge in [0.15, 0.2) is 0 Å². The number of carbonyl (C=O) groups excluding carboxylic acids is 1. The van der Waals surface area contributed by atoms with Gasteiger partial charge in [0.2, 0.25) is 0 Å². The van der Waals surface area contributed by atoms with Crippen molar-refractivity contribution in [2.75, 3.05) is 5.32 Å². The first-order chi connectivity index (χ1) is 9.54. The lowest BCUT2D eigenvalue weighted by molar-refractivity contribution is 0.102. The zero-order valence-electron chi connectivity index (χ0n) is 9.95. The molecule has 0 bridgehead atoms. The summed E-state index contributed by atoms with van der Waals surface area (Å²) >= 11 is 3.07. The van der Waals surface area contributed by atoms with Crippen LogP contribution in [0.15, 0.2) is 40.9 Å². The van der Waals surface area contributed by atoms with Gasteiger partial charge in [-0.25, -0.2) is 8.78 Å². The fourth-order valence-corrected chi connectivity index (χ4v) is 2.16. The highest BCUT2D eigenvalue weighted by Gasteiger charge is 2.17. The van der Waals surface area contributed by atoms with E-state index >= 15 is 0 Å². The monoisotopic (exact) mass is 336 g/mol. The van der Waals surface area contributed by atoms with Crippen LogP contribution in [0.4, 0.5) is 14.5 Å². The number of anilines is 1. The summed E-state index contributed by atoms with van der Waals surface area (Å²) in [5.41, 5.74) is -0.512. The van der Waals surface area contributed by atoms with E-state index in [2.05, 4.69) is 21.2 Å². The molecule has 0 fully saturated rings. The summed E-state index contributed by atoms with van der Waals surface area (Å²) < 4.78 is 27.3. The van der Waals surface area contributed by atoms with E-state index in [4.69, 9.17) is 5.26 Å². The van der Waals surface area contributed by atoms with Gasteiger partial charge in [0, 0.05) is 4.47 Å². The van der Waals surface area contributed by atoms with E-state index in [0.29, 0.717) is 0 Å². The fraction of sp³-hybridized carbons (Fsp3) is 0. The van der Waals surface area contributed by atoms with Crippen molar-refractivity contribution in [2.45, 2.75) is 0 Å². The van der Waals surface area contributed by atoms with Crippen molar-refractivity contribution in [1.29, 1.82) is 5.26 Å². The molecule has 0 aliphatic rings. The summed E-state index contributed by atoms with van der Waals surface area (Å²) in [7, 11) is 0. The average molecular weight is 337 g/mol. The highest BCUT2D eigenvalue weighted by Crippen LogP contribution is 2.23. The fourth-order valence-electron chi connectivity index (χ4n) is 1.64. The molecule has 0 radical (unpaired) electrons. The number of carbonyl (C=O) groups is 1. The van der Waals surface area contributed by atoms with E-state index in [0.717, 1.165) is 12.1 Å². The molecule has 0 aliphatic heterocycles. The van der Waals surface area contributed by atoms with Crippen LogP contribution < -0.4 is 5.32 Å². The lowest BCUT2D eigenvalue weighted by Crippen LogP contribution is -2.15.